The molecule has 0 spiro atoms. The summed E-state index contributed by atoms with van der Waals surface area (Å²) in [4.78, 5) is 18.6. The molecule has 4 rings (SSSR count). The maximum atomic E-state index is 12.5. The number of rotatable bonds is 6. The highest BCUT2D eigenvalue weighted by atomic mass is 16.5. The van der Waals surface area contributed by atoms with Crippen molar-refractivity contribution in [2.75, 3.05) is 20.1 Å². The van der Waals surface area contributed by atoms with Crippen molar-refractivity contribution in [3.8, 4) is 0 Å². The fourth-order valence-corrected chi connectivity index (χ4v) is 4.02. The highest BCUT2D eigenvalue weighted by Gasteiger charge is 2.24. The lowest BCUT2D eigenvalue weighted by Crippen LogP contribution is -2.31. The molecule has 1 N–H and O–H groups in total. The Balaban J connectivity index is 1.31. The van der Waals surface area contributed by atoms with E-state index in [0.717, 1.165) is 43.9 Å². The van der Waals surface area contributed by atoms with Gasteiger partial charge in [-0.3, -0.25) is 9.48 Å². The van der Waals surface area contributed by atoms with Crippen LogP contribution < -0.4 is 5.32 Å². The Kier molecular flexibility index (Phi) is 5.52. The summed E-state index contributed by atoms with van der Waals surface area (Å²) < 4.78 is 7.12. The Hall–Kier alpha value is -2.22. The monoisotopic (exact) mass is 372 g/mol. The van der Waals surface area contributed by atoms with Gasteiger partial charge in [-0.15, -0.1) is 0 Å². The minimum absolute atomic E-state index is 0.0152. The molecule has 2 aromatic rings. The van der Waals surface area contributed by atoms with E-state index in [1.807, 2.05) is 12.3 Å². The summed E-state index contributed by atoms with van der Waals surface area (Å²) in [6.45, 7) is 2.63. The molecule has 1 atom stereocenters. The van der Waals surface area contributed by atoms with E-state index in [9.17, 15) is 4.79 Å². The molecule has 1 unspecified atom stereocenters. The summed E-state index contributed by atoms with van der Waals surface area (Å²) >= 11 is 0. The molecule has 2 aromatic heterocycles. The van der Waals surface area contributed by atoms with Crippen molar-refractivity contribution in [2.24, 2.45) is 0 Å². The van der Waals surface area contributed by atoms with E-state index in [4.69, 9.17) is 4.52 Å². The number of hydrogen-bond donors (Lipinski definition) is 1. The zero-order valence-corrected chi connectivity index (χ0v) is 15.9. The van der Waals surface area contributed by atoms with E-state index >= 15 is 0 Å². The Labute approximate surface area is 159 Å². The SMILES string of the molecule is CN(Cc1noc(C2CCCC2)n1)C(=O)Cn1ccc(C2CCCNC2)n1. The summed E-state index contributed by atoms with van der Waals surface area (Å²) in [7, 11) is 1.77. The quantitative estimate of drug-likeness (QED) is 0.835. The summed E-state index contributed by atoms with van der Waals surface area (Å²) in [6.07, 6.45) is 8.91. The Bertz CT molecular complexity index is 758. The van der Waals surface area contributed by atoms with Gasteiger partial charge in [-0.05, 0) is 38.3 Å². The number of carbonyl (C=O) groups is 1. The highest BCUT2D eigenvalue weighted by molar-refractivity contribution is 5.75. The standard InChI is InChI=1S/C19H28N6O2/c1-24(12-17-21-19(27-23-17)14-5-2-3-6-14)18(26)13-25-10-8-16(22-25)15-7-4-9-20-11-15/h8,10,14-15,20H,2-7,9,11-13H2,1H3. The molecule has 8 nitrogen and oxygen atoms in total. The predicted molar refractivity (Wildman–Crippen MR) is 99.1 cm³/mol. The number of nitrogens with one attached hydrogen (secondary N) is 1. The van der Waals surface area contributed by atoms with Crippen LogP contribution in [0.4, 0.5) is 0 Å². The van der Waals surface area contributed by atoms with Gasteiger partial charge in [-0.2, -0.15) is 10.1 Å². The molecule has 0 aromatic carbocycles. The smallest absolute Gasteiger partial charge is 0.244 e. The van der Waals surface area contributed by atoms with E-state index in [-0.39, 0.29) is 12.5 Å². The van der Waals surface area contributed by atoms with E-state index < -0.39 is 0 Å². The molecule has 8 heteroatoms. The lowest BCUT2D eigenvalue weighted by molar-refractivity contribution is -0.131. The van der Waals surface area contributed by atoms with Crippen LogP contribution in [0.1, 0.15) is 67.8 Å². The molecule has 27 heavy (non-hydrogen) atoms. The van der Waals surface area contributed by atoms with Crippen molar-refractivity contribution in [3.63, 3.8) is 0 Å². The van der Waals surface area contributed by atoms with Crippen LogP contribution in [-0.4, -0.2) is 50.9 Å². The van der Waals surface area contributed by atoms with Crippen molar-refractivity contribution in [2.45, 2.75) is 63.5 Å². The zero-order chi connectivity index (χ0) is 18.6. The van der Waals surface area contributed by atoms with Crippen LogP contribution in [0.15, 0.2) is 16.8 Å². The molecule has 3 heterocycles. The molecule has 2 fully saturated rings. The summed E-state index contributed by atoms with van der Waals surface area (Å²) in [5.41, 5.74) is 1.07. The van der Waals surface area contributed by atoms with Gasteiger partial charge >= 0.3 is 0 Å². The van der Waals surface area contributed by atoms with Crippen LogP contribution in [0.25, 0.3) is 0 Å². The first-order chi connectivity index (χ1) is 13.2. The topological polar surface area (TPSA) is 89.1 Å². The molecule has 146 valence electrons. The van der Waals surface area contributed by atoms with Crippen molar-refractivity contribution in [1.29, 1.82) is 0 Å². The average molecular weight is 372 g/mol. The second kappa shape index (κ2) is 8.21. The van der Waals surface area contributed by atoms with Gasteiger partial charge in [-0.1, -0.05) is 18.0 Å². The molecule has 1 aliphatic heterocycles. The lowest BCUT2D eigenvalue weighted by Gasteiger charge is -2.20. The molecule has 1 saturated heterocycles. The summed E-state index contributed by atoms with van der Waals surface area (Å²) in [6, 6.07) is 2.03. The maximum absolute atomic E-state index is 12.5. The van der Waals surface area contributed by atoms with Gasteiger partial charge in [0.2, 0.25) is 11.8 Å². The Morgan fingerprint density at radius 1 is 1.30 bits per heavy atom. The van der Waals surface area contributed by atoms with Gasteiger partial charge in [0.05, 0.1) is 12.2 Å². The molecule has 0 bridgehead atoms. The van der Waals surface area contributed by atoms with E-state index in [1.54, 1.807) is 16.6 Å². The second-order valence-electron chi connectivity index (χ2n) is 7.76. The van der Waals surface area contributed by atoms with Gasteiger partial charge in [0.1, 0.15) is 6.54 Å². The molecular weight excluding hydrogens is 344 g/mol. The van der Waals surface area contributed by atoms with Gasteiger partial charge in [0.15, 0.2) is 5.82 Å². The van der Waals surface area contributed by atoms with Gasteiger partial charge in [-0.25, -0.2) is 0 Å². The summed E-state index contributed by atoms with van der Waals surface area (Å²) in [5, 5.41) is 12.0. The average Bonchev–Trinajstić information content (AvgIpc) is 3.44. The molecule has 1 amide bonds. The van der Waals surface area contributed by atoms with E-state index in [1.165, 1.54) is 19.3 Å². The number of amides is 1. The molecule has 0 radical (unpaired) electrons. The number of nitrogens with zero attached hydrogens (tertiary/aromatic N) is 5. The first-order valence-corrected chi connectivity index (χ1v) is 9.99. The fraction of sp³-hybridized carbons (Fsp3) is 0.684. The minimum atomic E-state index is -0.0152. The van der Waals surface area contributed by atoms with Crippen LogP contribution in [0.3, 0.4) is 0 Å². The van der Waals surface area contributed by atoms with Gasteiger partial charge in [0, 0.05) is 31.6 Å². The van der Waals surface area contributed by atoms with Crippen LogP contribution in [-0.2, 0) is 17.9 Å². The van der Waals surface area contributed by atoms with Crippen LogP contribution in [0, 0.1) is 0 Å². The minimum Gasteiger partial charge on any atom is -0.339 e. The third-order valence-electron chi connectivity index (χ3n) is 5.67. The summed E-state index contributed by atoms with van der Waals surface area (Å²) in [5.74, 6) is 2.12. The largest absolute Gasteiger partial charge is 0.339 e. The third-order valence-corrected chi connectivity index (χ3v) is 5.67. The molecular formula is C19H28N6O2. The van der Waals surface area contributed by atoms with E-state index in [0.29, 0.717) is 24.2 Å². The van der Waals surface area contributed by atoms with Gasteiger partial charge in [0.25, 0.3) is 0 Å². The molecule has 1 aliphatic carbocycles. The van der Waals surface area contributed by atoms with Gasteiger partial charge < -0.3 is 14.7 Å². The second-order valence-corrected chi connectivity index (χ2v) is 7.76. The van der Waals surface area contributed by atoms with Crippen molar-refractivity contribution < 1.29 is 9.32 Å². The number of hydrogen-bond acceptors (Lipinski definition) is 6. The number of likely N-dealkylation sites (N-methyl/N-ethyl adjacent to an activating group) is 1. The number of carbonyl (C=O) groups excluding carboxylic acids is 1. The normalized spacial score (nSPS) is 20.9. The third kappa shape index (κ3) is 4.37. The predicted octanol–water partition coefficient (Wildman–Crippen LogP) is 2.05. The number of piperidine rings is 1. The zero-order valence-electron chi connectivity index (χ0n) is 15.9. The van der Waals surface area contributed by atoms with Crippen LogP contribution in [0.2, 0.25) is 0 Å². The lowest BCUT2D eigenvalue weighted by atomic mass is 9.97. The number of aromatic nitrogens is 4. The maximum Gasteiger partial charge on any atom is 0.244 e. The molecule has 1 saturated carbocycles. The highest BCUT2D eigenvalue weighted by Crippen LogP contribution is 2.32. The fourth-order valence-electron chi connectivity index (χ4n) is 4.02. The molecule has 2 aliphatic rings. The van der Waals surface area contributed by atoms with Crippen LogP contribution >= 0.6 is 0 Å². The Morgan fingerprint density at radius 2 is 2.11 bits per heavy atom. The first-order valence-electron chi connectivity index (χ1n) is 9.99. The van der Waals surface area contributed by atoms with Crippen molar-refractivity contribution in [1.82, 2.24) is 30.1 Å². The van der Waals surface area contributed by atoms with E-state index in [2.05, 4.69) is 20.6 Å². The van der Waals surface area contributed by atoms with Crippen molar-refractivity contribution in [3.05, 3.63) is 29.7 Å². The van der Waals surface area contributed by atoms with Crippen molar-refractivity contribution >= 4 is 5.91 Å². The Morgan fingerprint density at radius 3 is 2.89 bits per heavy atom. The first kappa shape index (κ1) is 18.2. The van der Waals surface area contributed by atoms with Crippen LogP contribution in [0.5, 0.6) is 0 Å².